The second-order valence-corrected chi connectivity index (χ2v) is 5.80. The number of rotatable bonds is 3. The minimum absolute atomic E-state index is 0.122. The van der Waals surface area contributed by atoms with Crippen molar-refractivity contribution in [2.24, 2.45) is 0 Å². The Labute approximate surface area is 125 Å². The highest BCUT2D eigenvalue weighted by atomic mass is 16.2. The van der Waals surface area contributed by atoms with E-state index in [-0.39, 0.29) is 5.91 Å². The van der Waals surface area contributed by atoms with E-state index in [4.69, 9.17) is 4.98 Å². The molecule has 1 N–H and O–H groups in total. The summed E-state index contributed by atoms with van der Waals surface area (Å²) in [6.07, 6.45) is 0.798. The second kappa shape index (κ2) is 5.45. The van der Waals surface area contributed by atoms with Crippen LogP contribution in [0.2, 0.25) is 0 Å². The summed E-state index contributed by atoms with van der Waals surface area (Å²) in [5.41, 5.74) is 1.59. The molecule has 4 nitrogen and oxygen atoms in total. The van der Waals surface area contributed by atoms with Crippen LogP contribution in [0.4, 0.5) is 0 Å². The molecule has 0 bridgehead atoms. The first-order valence-electron chi connectivity index (χ1n) is 7.51. The van der Waals surface area contributed by atoms with Gasteiger partial charge in [-0.2, -0.15) is 0 Å². The smallest absolute Gasteiger partial charge is 0.240 e. The van der Waals surface area contributed by atoms with Crippen molar-refractivity contribution in [3.63, 3.8) is 0 Å². The van der Waals surface area contributed by atoms with Crippen LogP contribution >= 0.6 is 0 Å². The first-order valence-corrected chi connectivity index (χ1v) is 7.51. The molecule has 1 saturated heterocycles. The minimum atomic E-state index is -0.439. The van der Waals surface area contributed by atoms with Crippen molar-refractivity contribution in [1.82, 2.24) is 15.2 Å². The second-order valence-electron chi connectivity index (χ2n) is 5.80. The zero-order valence-corrected chi connectivity index (χ0v) is 12.6. The minimum Gasteiger partial charge on any atom is -0.353 e. The molecule has 1 atom stereocenters. The fourth-order valence-electron chi connectivity index (χ4n) is 2.91. The third kappa shape index (κ3) is 2.51. The van der Waals surface area contributed by atoms with Crippen molar-refractivity contribution >= 4 is 16.8 Å². The lowest BCUT2D eigenvalue weighted by Crippen LogP contribution is -2.62. The molecule has 1 aromatic carbocycles. The molecule has 0 spiro atoms. The van der Waals surface area contributed by atoms with Crippen molar-refractivity contribution in [3.8, 4) is 0 Å². The van der Waals surface area contributed by atoms with Crippen molar-refractivity contribution in [2.75, 3.05) is 13.1 Å². The Morgan fingerprint density at radius 2 is 2.10 bits per heavy atom. The maximum absolute atomic E-state index is 12.2. The Hall–Kier alpha value is -1.94. The van der Waals surface area contributed by atoms with E-state index in [1.165, 1.54) is 0 Å². The van der Waals surface area contributed by atoms with Gasteiger partial charge in [0.25, 0.3) is 0 Å². The lowest BCUT2D eigenvalue weighted by Gasteiger charge is -2.43. The van der Waals surface area contributed by atoms with Gasteiger partial charge in [-0.1, -0.05) is 31.2 Å². The number of amides is 1. The first kappa shape index (κ1) is 14.0. The van der Waals surface area contributed by atoms with Crippen molar-refractivity contribution in [1.29, 1.82) is 0 Å². The number of piperazine rings is 1. The molecule has 110 valence electrons. The van der Waals surface area contributed by atoms with Crippen LogP contribution < -0.4 is 5.32 Å². The molecule has 1 aliphatic heterocycles. The maximum atomic E-state index is 12.2. The molecule has 1 aromatic heterocycles. The average Bonchev–Trinajstić information content (AvgIpc) is 2.52. The average molecular weight is 283 g/mol. The number of fused-ring (bicyclic) bond motifs is 1. The van der Waals surface area contributed by atoms with Gasteiger partial charge in [0.05, 0.1) is 16.7 Å². The highest BCUT2D eigenvalue weighted by Crippen LogP contribution is 2.24. The number of pyridine rings is 1. The Kier molecular flexibility index (Phi) is 3.64. The highest BCUT2D eigenvalue weighted by molar-refractivity contribution is 5.86. The number of nitrogens with zero attached hydrogens (tertiary/aromatic N) is 2. The van der Waals surface area contributed by atoms with E-state index in [0.29, 0.717) is 13.1 Å². The molecular formula is C17H21N3O. The molecule has 2 heterocycles. The van der Waals surface area contributed by atoms with Crippen LogP contribution in [0.5, 0.6) is 0 Å². The molecule has 0 saturated carbocycles. The van der Waals surface area contributed by atoms with Gasteiger partial charge in [-0.15, -0.1) is 0 Å². The van der Waals surface area contributed by atoms with Crippen molar-refractivity contribution < 1.29 is 4.79 Å². The van der Waals surface area contributed by atoms with Gasteiger partial charge in [0, 0.05) is 25.0 Å². The van der Waals surface area contributed by atoms with E-state index in [2.05, 4.69) is 35.3 Å². The van der Waals surface area contributed by atoms with Crippen LogP contribution in [0.1, 0.15) is 26.0 Å². The molecule has 1 aliphatic rings. The Morgan fingerprint density at radius 1 is 1.29 bits per heavy atom. The summed E-state index contributed by atoms with van der Waals surface area (Å²) in [5, 5.41) is 4.12. The first-order chi connectivity index (χ1) is 10.1. The lowest BCUT2D eigenvalue weighted by atomic mass is 9.92. The molecule has 2 aromatic rings. The molecule has 3 rings (SSSR count). The molecule has 1 amide bonds. The Bertz CT molecular complexity index is 670. The van der Waals surface area contributed by atoms with E-state index >= 15 is 0 Å². The zero-order valence-electron chi connectivity index (χ0n) is 12.6. The van der Waals surface area contributed by atoms with Crippen LogP contribution in [0.3, 0.4) is 0 Å². The number of benzene rings is 1. The van der Waals surface area contributed by atoms with E-state index < -0.39 is 5.54 Å². The predicted octanol–water partition coefficient (Wildman–Crippen LogP) is 2.34. The van der Waals surface area contributed by atoms with E-state index in [9.17, 15) is 4.79 Å². The summed E-state index contributed by atoms with van der Waals surface area (Å²) < 4.78 is 0. The fraction of sp³-hybridized carbons (Fsp3) is 0.412. The number of hydrogen-bond donors (Lipinski definition) is 1. The van der Waals surface area contributed by atoms with Gasteiger partial charge >= 0.3 is 0 Å². The van der Waals surface area contributed by atoms with Gasteiger partial charge in [0.2, 0.25) is 5.91 Å². The number of nitrogens with one attached hydrogen (secondary N) is 1. The largest absolute Gasteiger partial charge is 0.353 e. The van der Waals surface area contributed by atoms with Crippen LogP contribution in [0.15, 0.2) is 36.4 Å². The molecule has 21 heavy (non-hydrogen) atoms. The summed E-state index contributed by atoms with van der Waals surface area (Å²) >= 11 is 0. The fourth-order valence-corrected chi connectivity index (χ4v) is 2.91. The number of carbonyl (C=O) groups excluding carboxylic acids is 1. The quantitative estimate of drug-likeness (QED) is 0.940. The van der Waals surface area contributed by atoms with Crippen molar-refractivity contribution in [3.05, 3.63) is 42.1 Å². The van der Waals surface area contributed by atoms with E-state index in [0.717, 1.165) is 29.6 Å². The molecule has 0 aliphatic carbocycles. The van der Waals surface area contributed by atoms with Gasteiger partial charge in [-0.25, -0.2) is 0 Å². The van der Waals surface area contributed by atoms with Gasteiger partial charge in [-0.3, -0.25) is 14.7 Å². The summed E-state index contributed by atoms with van der Waals surface area (Å²) in [4.78, 5) is 19.1. The van der Waals surface area contributed by atoms with Crippen LogP contribution in [-0.2, 0) is 11.3 Å². The number of para-hydroxylation sites is 1. The molecule has 1 fully saturated rings. The van der Waals surface area contributed by atoms with Crippen molar-refractivity contribution in [2.45, 2.75) is 32.4 Å². The maximum Gasteiger partial charge on any atom is 0.240 e. The van der Waals surface area contributed by atoms with Crippen LogP contribution in [0.25, 0.3) is 10.9 Å². The molecule has 0 radical (unpaired) electrons. The van der Waals surface area contributed by atoms with Gasteiger partial charge in [-0.05, 0) is 25.5 Å². The van der Waals surface area contributed by atoms with Gasteiger partial charge in [0.15, 0.2) is 0 Å². The Balaban J connectivity index is 1.88. The zero-order chi connectivity index (χ0) is 14.9. The number of aromatic nitrogens is 1. The molecule has 1 unspecified atom stereocenters. The lowest BCUT2D eigenvalue weighted by molar-refractivity contribution is -0.137. The normalized spacial score (nSPS) is 23.2. The van der Waals surface area contributed by atoms with E-state index in [1.807, 2.05) is 25.1 Å². The third-order valence-electron chi connectivity index (χ3n) is 4.55. The number of hydrogen-bond acceptors (Lipinski definition) is 3. The topological polar surface area (TPSA) is 45.2 Å². The third-order valence-corrected chi connectivity index (χ3v) is 4.55. The molecule has 4 heteroatoms. The Morgan fingerprint density at radius 3 is 2.90 bits per heavy atom. The standard InChI is InChI=1S/C17H21N3O/c1-3-17(2)16(21)18-10-11-20(17)12-14-9-8-13-6-4-5-7-15(13)19-14/h4-9H,3,10-12H2,1-2H3,(H,18,21). The highest BCUT2D eigenvalue weighted by Gasteiger charge is 2.40. The van der Waals surface area contributed by atoms with E-state index in [1.54, 1.807) is 0 Å². The monoisotopic (exact) mass is 283 g/mol. The molecular weight excluding hydrogens is 262 g/mol. The summed E-state index contributed by atoms with van der Waals surface area (Å²) in [7, 11) is 0. The van der Waals surface area contributed by atoms with Crippen LogP contribution in [0, 0.1) is 0 Å². The van der Waals surface area contributed by atoms with Gasteiger partial charge < -0.3 is 5.32 Å². The van der Waals surface area contributed by atoms with Gasteiger partial charge in [0.1, 0.15) is 0 Å². The number of carbonyl (C=O) groups is 1. The predicted molar refractivity (Wildman–Crippen MR) is 83.9 cm³/mol. The summed E-state index contributed by atoms with van der Waals surface area (Å²) in [6.45, 7) is 6.36. The SMILES string of the molecule is CCC1(C)C(=O)NCCN1Cc1ccc2ccccc2n1. The van der Waals surface area contributed by atoms with Crippen LogP contribution in [-0.4, -0.2) is 34.4 Å². The summed E-state index contributed by atoms with van der Waals surface area (Å²) in [5.74, 6) is 0.122. The summed E-state index contributed by atoms with van der Waals surface area (Å²) in [6, 6.07) is 12.3.